The van der Waals surface area contributed by atoms with Crippen LogP contribution in [-0.2, 0) is 11.3 Å². The summed E-state index contributed by atoms with van der Waals surface area (Å²) in [7, 11) is 1.60. The van der Waals surface area contributed by atoms with Crippen molar-refractivity contribution in [1.29, 1.82) is 5.26 Å². The molecule has 1 aromatic heterocycles. The molecule has 0 aromatic carbocycles. The van der Waals surface area contributed by atoms with Gasteiger partial charge in [-0.05, 0) is 42.6 Å². The quantitative estimate of drug-likeness (QED) is 0.447. The molecule has 2 aliphatic heterocycles. The van der Waals surface area contributed by atoms with Gasteiger partial charge in [-0.2, -0.15) is 19.9 Å². The second kappa shape index (κ2) is 10.5. The third-order valence-corrected chi connectivity index (χ3v) is 8.99. The molecule has 3 heterocycles. The Kier molecular flexibility index (Phi) is 7.68. The van der Waals surface area contributed by atoms with Crippen LogP contribution in [0.5, 0.6) is 5.75 Å². The zero-order valence-corrected chi connectivity index (χ0v) is 25.6. The van der Waals surface area contributed by atoms with Gasteiger partial charge in [-0.25, -0.2) is 14.9 Å². The summed E-state index contributed by atoms with van der Waals surface area (Å²) in [5.74, 6) is 0.407. The number of aromatic nitrogens is 1. The monoisotopic (exact) mass is 581 g/mol. The van der Waals surface area contributed by atoms with Crippen LogP contribution in [-0.4, -0.2) is 56.6 Å². The molecule has 0 saturated carbocycles. The molecule has 1 aromatic rings. The number of nitrogens with one attached hydrogen (secondary N) is 1. The number of nitrogens with zero attached hydrogens (tertiary/aromatic N) is 6. The van der Waals surface area contributed by atoms with Gasteiger partial charge in [0.05, 0.1) is 24.6 Å². The van der Waals surface area contributed by atoms with Crippen LogP contribution in [0.3, 0.4) is 0 Å². The highest BCUT2D eigenvalue weighted by atomic mass is 32.2. The number of hydrogen-bond acceptors (Lipinski definition) is 11. The van der Waals surface area contributed by atoms with Crippen LogP contribution in [0.2, 0.25) is 0 Å². The maximum atomic E-state index is 12.5. The van der Waals surface area contributed by atoms with E-state index in [1.54, 1.807) is 18.6 Å². The van der Waals surface area contributed by atoms with E-state index in [1.807, 2.05) is 34.6 Å². The van der Waals surface area contributed by atoms with Gasteiger partial charge >= 0.3 is 12.2 Å². The minimum atomic E-state index is -1.57. The molecule has 0 bridgehead atoms. The molecule has 0 saturated heterocycles. The number of ether oxygens (including phenoxy) is 2. The lowest BCUT2D eigenvalue weighted by molar-refractivity contribution is 0.176. The zero-order valence-electron chi connectivity index (χ0n) is 24.7. The van der Waals surface area contributed by atoms with E-state index in [0.29, 0.717) is 23.4 Å². The summed E-state index contributed by atoms with van der Waals surface area (Å²) in [5, 5.41) is 32.6. The first-order valence-corrected chi connectivity index (χ1v) is 13.9. The number of rotatable bonds is 3. The molecule has 13 heteroatoms. The van der Waals surface area contributed by atoms with Crippen molar-refractivity contribution in [1.82, 2.24) is 15.4 Å². The first-order chi connectivity index (χ1) is 19.0. The Balaban J connectivity index is 1.94. The Hall–Kier alpha value is -3.92. The van der Waals surface area contributed by atoms with Crippen molar-refractivity contribution in [3.63, 3.8) is 0 Å². The predicted molar refractivity (Wildman–Crippen MR) is 156 cm³/mol. The van der Waals surface area contributed by atoms with Gasteiger partial charge in [0.1, 0.15) is 12.3 Å². The van der Waals surface area contributed by atoms with E-state index in [1.165, 1.54) is 5.12 Å². The molecule has 0 fully saturated rings. The topological polar surface area (TPSA) is 162 Å². The van der Waals surface area contributed by atoms with Crippen LogP contribution >= 0.6 is 11.9 Å². The Morgan fingerprint density at radius 3 is 2.49 bits per heavy atom. The number of alkyl carbamates (subject to hydrolysis) is 1. The molecule has 3 aliphatic rings. The molecule has 0 radical (unpaired) electrons. The highest BCUT2D eigenvalue weighted by molar-refractivity contribution is 8.00. The molecule has 1 aliphatic carbocycles. The zero-order chi connectivity index (χ0) is 30.5. The largest absolute Gasteiger partial charge is 0.496 e. The molecular formula is C28H35N7O5S. The van der Waals surface area contributed by atoms with E-state index >= 15 is 0 Å². The van der Waals surface area contributed by atoms with E-state index in [0.717, 1.165) is 34.4 Å². The predicted octanol–water partition coefficient (Wildman–Crippen LogP) is 5.37. The molecule has 2 atom stereocenters. The van der Waals surface area contributed by atoms with E-state index < -0.39 is 22.3 Å². The minimum absolute atomic E-state index is 0.102. The number of hydrogen-bond donors (Lipinski definition) is 2. The van der Waals surface area contributed by atoms with Crippen molar-refractivity contribution in [3.8, 4) is 11.8 Å². The average Bonchev–Trinajstić information content (AvgIpc) is 3.18. The molecule has 4 rings (SSSR count). The number of aryl methyl sites for hydroxylation is 1. The van der Waals surface area contributed by atoms with Crippen LogP contribution in [0.15, 0.2) is 31.9 Å². The van der Waals surface area contributed by atoms with Gasteiger partial charge in [-0.1, -0.05) is 41.5 Å². The highest BCUT2D eigenvalue weighted by Gasteiger charge is 2.58. The number of carbonyl (C=O) groups excluding carboxylic acids is 1. The van der Waals surface area contributed by atoms with Crippen LogP contribution in [0.25, 0.3) is 0 Å². The third-order valence-electron chi connectivity index (χ3n) is 7.54. The Morgan fingerprint density at radius 2 is 1.93 bits per heavy atom. The van der Waals surface area contributed by atoms with Crippen LogP contribution in [0, 0.1) is 41.9 Å². The number of carbonyl (C=O) groups is 2. The summed E-state index contributed by atoms with van der Waals surface area (Å²) >= 11 is 1.00. The van der Waals surface area contributed by atoms with E-state index in [4.69, 9.17) is 24.8 Å². The van der Waals surface area contributed by atoms with Crippen LogP contribution in [0.1, 0.15) is 64.8 Å². The van der Waals surface area contributed by atoms with E-state index in [-0.39, 0.29) is 29.5 Å². The van der Waals surface area contributed by atoms with Crippen LogP contribution < -0.4 is 10.1 Å². The molecule has 2 unspecified atom stereocenters. The Morgan fingerprint density at radius 1 is 1.24 bits per heavy atom. The first-order valence-electron chi connectivity index (χ1n) is 13.1. The van der Waals surface area contributed by atoms with Gasteiger partial charge in [0.15, 0.2) is 10.5 Å². The van der Waals surface area contributed by atoms with Crippen molar-refractivity contribution < 1.29 is 24.2 Å². The second-order valence-electron chi connectivity index (χ2n) is 12.3. The molecule has 0 spiro atoms. The third kappa shape index (κ3) is 5.28. The number of amides is 2. The lowest BCUT2D eigenvalue weighted by Gasteiger charge is -2.43. The second-order valence-corrected chi connectivity index (χ2v) is 13.3. The lowest BCUT2D eigenvalue weighted by atomic mass is 9.66. The van der Waals surface area contributed by atoms with Crippen molar-refractivity contribution in [3.05, 3.63) is 34.2 Å². The van der Waals surface area contributed by atoms with Crippen molar-refractivity contribution in [2.75, 3.05) is 7.11 Å². The fourth-order valence-electron chi connectivity index (χ4n) is 5.41. The molecule has 12 nitrogen and oxygen atoms in total. The highest BCUT2D eigenvalue weighted by Crippen LogP contribution is 2.58. The SMILES string of the molecule is COc1c(C)cnc(CN2N=C3CC(C(C)(C)C)C4=C3C(=N2)C(OC(=O)NC(=O)O)=NSC4(C#N)C(C)(C)C)c1C. The summed E-state index contributed by atoms with van der Waals surface area (Å²) < 4.78 is 14.4. The molecule has 2 N–H and O–H groups in total. The summed E-state index contributed by atoms with van der Waals surface area (Å²) in [6.07, 6.45) is -0.555. The smallest absolute Gasteiger partial charge is 0.423 e. The number of imide groups is 1. The van der Waals surface area contributed by atoms with Crippen LogP contribution in [0.4, 0.5) is 9.59 Å². The molecule has 218 valence electrons. The average molecular weight is 582 g/mol. The lowest BCUT2D eigenvalue weighted by Crippen LogP contribution is -2.44. The van der Waals surface area contributed by atoms with Gasteiger partial charge in [0.2, 0.25) is 0 Å². The molecular weight excluding hydrogens is 546 g/mol. The number of carboxylic acid groups (broad SMARTS) is 1. The van der Waals surface area contributed by atoms with Gasteiger partial charge in [-0.15, -0.1) is 5.10 Å². The van der Waals surface area contributed by atoms with Crippen molar-refractivity contribution in [2.45, 2.75) is 73.1 Å². The Labute approximate surface area is 243 Å². The van der Waals surface area contributed by atoms with Gasteiger partial charge < -0.3 is 14.6 Å². The summed E-state index contributed by atoms with van der Waals surface area (Å²) in [5.41, 5.74) is 3.89. The summed E-state index contributed by atoms with van der Waals surface area (Å²) in [6, 6.07) is 2.54. The maximum absolute atomic E-state index is 12.5. The minimum Gasteiger partial charge on any atom is -0.496 e. The molecule has 41 heavy (non-hydrogen) atoms. The van der Waals surface area contributed by atoms with Gasteiger partial charge in [-0.3, -0.25) is 4.98 Å². The number of hydrazone groups is 2. The summed E-state index contributed by atoms with van der Waals surface area (Å²) in [6.45, 7) is 16.2. The van der Waals surface area contributed by atoms with Gasteiger partial charge in [0.25, 0.3) is 5.90 Å². The number of nitriles is 1. The maximum Gasteiger partial charge on any atom is 0.423 e. The fourth-order valence-corrected chi connectivity index (χ4v) is 6.41. The summed E-state index contributed by atoms with van der Waals surface area (Å²) in [4.78, 5) is 28.2. The van der Waals surface area contributed by atoms with Crippen molar-refractivity contribution >= 4 is 41.5 Å². The normalized spacial score (nSPS) is 22.1. The van der Waals surface area contributed by atoms with Gasteiger partial charge in [0, 0.05) is 34.8 Å². The number of pyridine rings is 1. The van der Waals surface area contributed by atoms with E-state index in [9.17, 15) is 14.9 Å². The standard InChI is InChI=1S/C28H35N7O5S/c1-14-11-30-18(15(2)22(14)39-9)12-35-32-17-10-16(26(3,4)5)20-19(17)21(33-35)23(40-25(38)31-24(36)37)34-41-28(20,13-29)27(6,7)8/h11,16H,10,12H2,1-9H3,(H,31,38)(H,36,37). The van der Waals surface area contributed by atoms with E-state index in [2.05, 4.69) is 36.2 Å². The Bertz CT molecular complexity index is 1480. The van der Waals surface area contributed by atoms with Crippen molar-refractivity contribution in [2.24, 2.45) is 31.3 Å². The molecule has 2 amide bonds. The fraction of sp³-hybridized carbons (Fsp3) is 0.536. The number of methoxy groups -OCH3 is 1. The first kappa shape index (κ1) is 30.0.